The van der Waals surface area contributed by atoms with Crippen LogP contribution in [0, 0.1) is 6.92 Å². The van der Waals surface area contributed by atoms with Gasteiger partial charge in [-0.1, -0.05) is 0 Å². The normalized spacial score (nSPS) is 10.7. The molecule has 2 aromatic rings. The summed E-state index contributed by atoms with van der Waals surface area (Å²) in [5, 5.41) is 0. The number of nitrogens with zero attached hydrogens (tertiary/aromatic N) is 2. The van der Waals surface area contributed by atoms with Crippen molar-refractivity contribution in [2.75, 3.05) is 0 Å². The molecule has 0 amide bonds. The Labute approximate surface area is 73.0 Å². The predicted molar refractivity (Wildman–Crippen MR) is 47.6 cm³/mol. The summed E-state index contributed by atoms with van der Waals surface area (Å²) in [6.45, 7) is 2.06. The zero-order chi connectivity index (χ0) is 7.84. The zero-order valence-corrected chi connectivity index (χ0v) is 7.67. The SMILES string of the molecule is Cc1ccn2cc(Br)nc2c1. The van der Waals surface area contributed by atoms with Gasteiger partial charge in [-0.05, 0) is 40.5 Å². The van der Waals surface area contributed by atoms with Crippen LogP contribution in [0.5, 0.6) is 0 Å². The molecule has 0 atom stereocenters. The van der Waals surface area contributed by atoms with E-state index in [1.54, 1.807) is 0 Å². The van der Waals surface area contributed by atoms with E-state index < -0.39 is 0 Å². The van der Waals surface area contributed by atoms with Crippen LogP contribution in [-0.2, 0) is 0 Å². The maximum atomic E-state index is 4.25. The molecule has 0 spiro atoms. The van der Waals surface area contributed by atoms with Crippen molar-refractivity contribution in [1.82, 2.24) is 9.38 Å². The first-order valence-electron chi connectivity index (χ1n) is 3.36. The third kappa shape index (κ3) is 1.16. The summed E-state index contributed by atoms with van der Waals surface area (Å²) in [7, 11) is 0. The molecule has 56 valence electrons. The van der Waals surface area contributed by atoms with E-state index in [0.717, 1.165) is 10.3 Å². The first kappa shape index (κ1) is 6.85. The Hall–Kier alpha value is -0.830. The first-order valence-corrected chi connectivity index (χ1v) is 4.16. The van der Waals surface area contributed by atoms with Crippen molar-refractivity contribution >= 4 is 21.6 Å². The number of rotatable bonds is 0. The third-order valence-electron chi connectivity index (χ3n) is 1.59. The molecule has 0 fully saturated rings. The van der Waals surface area contributed by atoms with Gasteiger partial charge in [-0.3, -0.25) is 0 Å². The average molecular weight is 211 g/mol. The molecule has 2 rings (SSSR count). The Morgan fingerprint density at radius 1 is 1.55 bits per heavy atom. The first-order chi connectivity index (χ1) is 5.25. The molecule has 0 aliphatic heterocycles. The van der Waals surface area contributed by atoms with Gasteiger partial charge in [0.15, 0.2) is 0 Å². The van der Waals surface area contributed by atoms with Gasteiger partial charge in [0.1, 0.15) is 10.3 Å². The van der Waals surface area contributed by atoms with Gasteiger partial charge < -0.3 is 4.40 Å². The van der Waals surface area contributed by atoms with Gasteiger partial charge in [0.25, 0.3) is 0 Å². The van der Waals surface area contributed by atoms with Crippen LogP contribution >= 0.6 is 15.9 Å². The quantitative estimate of drug-likeness (QED) is 0.653. The van der Waals surface area contributed by atoms with Gasteiger partial charge in [-0.2, -0.15) is 0 Å². The summed E-state index contributed by atoms with van der Waals surface area (Å²) in [4.78, 5) is 4.25. The second-order valence-electron chi connectivity index (χ2n) is 2.53. The van der Waals surface area contributed by atoms with Gasteiger partial charge in [0, 0.05) is 12.4 Å². The highest BCUT2D eigenvalue weighted by molar-refractivity contribution is 9.10. The summed E-state index contributed by atoms with van der Waals surface area (Å²) in [5.74, 6) is 0. The number of hydrogen-bond acceptors (Lipinski definition) is 1. The molecule has 0 saturated carbocycles. The molecule has 0 unspecified atom stereocenters. The standard InChI is InChI=1S/C8H7BrN2/c1-6-2-3-11-5-7(9)10-8(11)4-6/h2-5H,1H3. The molecule has 2 heterocycles. The summed E-state index contributed by atoms with van der Waals surface area (Å²) in [5.41, 5.74) is 2.22. The highest BCUT2D eigenvalue weighted by Crippen LogP contribution is 2.11. The van der Waals surface area contributed by atoms with Gasteiger partial charge in [0.2, 0.25) is 0 Å². The van der Waals surface area contributed by atoms with Crippen LogP contribution in [-0.4, -0.2) is 9.38 Å². The smallest absolute Gasteiger partial charge is 0.138 e. The molecule has 0 aliphatic carbocycles. The summed E-state index contributed by atoms with van der Waals surface area (Å²) in [6.07, 6.45) is 3.94. The zero-order valence-electron chi connectivity index (χ0n) is 6.08. The Morgan fingerprint density at radius 3 is 3.18 bits per heavy atom. The molecule has 0 aromatic carbocycles. The molecular formula is C8H7BrN2. The van der Waals surface area contributed by atoms with Gasteiger partial charge in [-0.15, -0.1) is 0 Å². The fourth-order valence-electron chi connectivity index (χ4n) is 1.05. The lowest BCUT2D eigenvalue weighted by Crippen LogP contribution is -1.81. The average Bonchev–Trinajstić information content (AvgIpc) is 2.27. The number of pyridine rings is 1. The molecule has 2 nitrogen and oxygen atoms in total. The Bertz CT molecular complexity index is 392. The van der Waals surface area contributed by atoms with Crippen molar-refractivity contribution < 1.29 is 0 Å². The minimum absolute atomic E-state index is 0.878. The Balaban J connectivity index is 2.82. The van der Waals surface area contributed by atoms with Crippen LogP contribution in [0.4, 0.5) is 0 Å². The summed E-state index contributed by atoms with van der Waals surface area (Å²) in [6, 6.07) is 4.10. The molecule has 11 heavy (non-hydrogen) atoms. The van der Waals surface area contributed by atoms with E-state index in [-0.39, 0.29) is 0 Å². The lowest BCUT2D eigenvalue weighted by atomic mass is 10.3. The van der Waals surface area contributed by atoms with E-state index in [1.165, 1.54) is 5.56 Å². The lowest BCUT2D eigenvalue weighted by Gasteiger charge is -1.92. The van der Waals surface area contributed by atoms with E-state index in [4.69, 9.17) is 0 Å². The molecule has 0 radical (unpaired) electrons. The number of halogens is 1. The van der Waals surface area contributed by atoms with Crippen LogP contribution in [0.3, 0.4) is 0 Å². The van der Waals surface area contributed by atoms with E-state index >= 15 is 0 Å². The third-order valence-corrected chi connectivity index (χ3v) is 1.97. The number of aryl methyl sites for hydroxylation is 1. The van der Waals surface area contributed by atoms with Gasteiger partial charge >= 0.3 is 0 Å². The molecular weight excluding hydrogens is 204 g/mol. The van der Waals surface area contributed by atoms with Crippen LogP contribution in [0.1, 0.15) is 5.56 Å². The maximum absolute atomic E-state index is 4.25. The molecule has 2 aromatic heterocycles. The maximum Gasteiger partial charge on any atom is 0.138 e. The highest BCUT2D eigenvalue weighted by atomic mass is 79.9. The Morgan fingerprint density at radius 2 is 2.36 bits per heavy atom. The molecule has 0 N–H and O–H groups in total. The molecule has 0 bridgehead atoms. The second-order valence-corrected chi connectivity index (χ2v) is 3.35. The van der Waals surface area contributed by atoms with Crippen LogP contribution < -0.4 is 0 Å². The minimum Gasteiger partial charge on any atom is -0.306 e. The summed E-state index contributed by atoms with van der Waals surface area (Å²) >= 11 is 3.32. The number of imidazole rings is 1. The van der Waals surface area contributed by atoms with Gasteiger partial charge in [0.05, 0.1) is 0 Å². The van der Waals surface area contributed by atoms with Crippen molar-refractivity contribution in [1.29, 1.82) is 0 Å². The minimum atomic E-state index is 0.878. The van der Waals surface area contributed by atoms with Crippen LogP contribution in [0.2, 0.25) is 0 Å². The number of hydrogen-bond donors (Lipinski definition) is 0. The molecule has 0 saturated heterocycles. The fraction of sp³-hybridized carbons (Fsp3) is 0.125. The summed E-state index contributed by atoms with van der Waals surface area (Å²) < 4.78 is 2.86. The topological polar surface area (TPSA) is 17.3 Å². The highest BCUT2D eigenvalue weighted by Gasteiger charge is 1.96. The van der Waals surface area contributed by atoms with Crippen LogP contribution in [0.25, 0.3) is 5.65 Å². The lowest BCUT2D eigenvalue weighted by molar-refractivity contribution is 1.17. The van der Waals surface area contributed by atoms with E-state index in [2.05, 4.69) is 33.9 Å². The van der Waals surface area contributed by atoms with E-state index in [0.29, 0.717) is 0 Å². The van der Waals surface area contributed by atoms with Gasteiger partial charge in [-0.25, -0.2) is 4.98 Å². The van der Waals surface area contributed by atoms with Crippen LogP contribution in [0.15, 0.2) is 29.1 Å². The second kappa shape index (κ2) is 2.34. The number of aromatic nitrogens is 2. The van der Waals surface area contributed by atoms with Crippen molar-refractivity contribution in [3.8, 4) is 0 Å². The molecule has 3 heteroatoms. The van der Waals surface area contributed by atoms with E-state index in [1.807, 2.05) is 22.9 Å². The fourth-order valence-corrected chi connectivity index (χ4v) is 1.46. The van der Waals surface area contributed by atoms with Crippen molar-refractivity contribution in [3.05, 3.63) is 34.7 Å². The predicted octanol–water partition coefficient (Wildman–Crippen LogP) is 2.41. The monoisotopic (exact) mass is 210 g/mol. The van der Waals surface area contributed by atoms with Crippen molar-refractivity contribution in [3.63, 3.8) is 0 Å². The van der Waals surface area contributed by atoms with Crippen molar-refractivity contribution in [2.45, 2.75) is 6.92 Å². The van der Waals surface area contributed by atoms with Crippen molar-refractivity contribution in [2.24, 2.45) is 0 Å². The largest absolute Gasteiger partial charge is 0.306 e. The molecule has 0 aliphatic rings. The van der Waals surface area contributed by atoms with E-state index in [9.17, 15) is 0 Å². The Kier molecular flexibility index (Phi) is 1.46. The number of fused-ring (bicyclic) bond motifs is 1.